The van der Waals surface area contributed by atoms with Crippen molar-refractivity contribution < 1.29 is 19.8 Å². The van der Waals surface area contributed by atoms with E-state index in [2.05, 4.69) is 6.58 Å². The summed E-state index contributed by atoms with van der Waals surface area (Å²) >= 11 is 0. The number of imide groups is 1. The van der Waals surface area contributed by atoms with Gasteiger partial charge in [-0.3, -0.25) is 14.5 Å². The van der Waals surface area contributed by atoms with Crippen molar-refractivity contribution in [2.75, 3.05) is 6.54 Å². The first-order valence-electron chi connectivity index (χ1n) is 3.42. The highest BCUT2D eigenvalue weighted by Crippen LogP contribution is 2.12. The summed E-state index contributed by atoms with van der Waals surface area (Å²) in [5.41, 5.74) is 0. The average molecular weight is 171 g/mol. The fourth-order valence-electron chi connectivity index (χ4n) is 1.01. The number of hydrogen-bond donors (Lipinski definition) is 2. The van der Waals surface area contributed by atoms with Crippen LogP contribution >= 0.6 is 0 Å². The summed E-state index contributed by atoms with van der Waals surface area (Å²) in [5, 5.41) is 17.9. The summed E-state index contributed by atoms with van der Waals surface area (Å²) in [7, 11) is 0. The summed E-state index contributed by atoms with van der Waals surface area (Å²) in [6.45, 7) is 3.35. The molecule has 0 aromatic heterocycles. The van der Waals surface area contributed by atoms with Crippen LogP contribution in [0, 0.1) is 0 Å². The van der Waals surface area contributed by atoms with Crippen LogP contribution in [0.25, 0.3) is 0 Å². The third kappa shape index (κ3) is 1.13. The zero-order valence-corrected chi connectivity index (χ0v) is 6.30. The van der Waals surface area contributed by atoms with E-state index in [1.165, 1.54) is 6.08 Å². The Morgan fingerprint density at radius 2 is 1.75 bits per heavy atom. The molecule has 0 aliphatic carbocycles. The van der Waals surface area contributed by atoms with Gasteiger partial charge in [-0.05, 0) is 0 Å². The highest BCUT2D eigenvalue weighted by Gasteiger charge is 2.45. The monoisotopic (exact) mass is 171 g/mol. The predicted octanol–water partition coefficient (Wildman–Crippen LogP) is -1.74. The van der Waals surface area contributed by atoms with Crippen LogP contribution in [0.2, 0.25) is 0 Å². The summed E-state index contributed by atoms with van der Waals surface area (Å²) in [5.74, 6) is -1.54. The third-order valence-corrected chi connectivity index (χ3v) is 1.65. The molecular weight excluding hydrogens is 162 g/mol. The number of rotatable bonds is 2. The number of aliphatic hydroxyl groups excluding tert-OH is 2. The fraction of sp³-hybridized carbons (Fsp3) is 0.429. The van der Waals surface area contributed by atoms with Crippen LogP contribution in [0.5, 0.6) is 0 Å². The smallest absolute Gasteiger partial charge is 0.261 e. The quantitative estimate of drug-likeness (QED) is 0.382. The second-order valence-corrected chi connectivity index (χ2v) is 2.47. The molecule has 2 N–H and O–H groups in total. The van der Waals surface area contributed by atoms with E-state index in [9.17, 15) is 9.59 Å². The number of hydrogen-bond acceptors (Lipinski definition) is 4. The summed E-state index contributed by atoms with van der Waals surface area (Å²) in [4.78, 5) is 22.7. The molecule has 5 heteroatoms. The van der Waals surface area contributed by atoms with Gasteiger partial charge < -0.3 is 10.2 Å². The van der Waals surface area contributed by atoms with Gasteiger partial charge in [0.25, 0.3) is 11.8 Å². The molecule has 0 radical (unpaired) electrons. The average Bonchev–Trinajstić information content (AvgIpc) is 2.23. The highest BCUT2D eigenvalue weighted by atomic mass is 16.4. The van der Waals surface area contributed by atoms with Gasteiger partial charge in [0.2, 0.25) is 0 Å². The minimum absolute atomic E-state index is 0.0196. The second kappa shape index (κ2) is 3.04. The molecule has 2 atom stereocenters. The molecule has 1 heterocycles. The Balaban J connectivity index is 2.83. The minimum Gasteiger partial charge on any atom is -0.380 e. The molecule has 66 valence electrons. The lowest BCUT2D eigenvalue weighted by Crippen LogP contribution is -2.32. The molecule has 0 spiro atoms. The van der Waals surface area contributed by atoms with E-state index in [1.807, 2.05) is 0 Å². The number of carbonyl (C=O) groups excluding carboxylic acids is 2. The van der Waals surface area contributed by atoms with Gasteiger partial charge in [-0.1, -0.05) is 6.08 Å². The Morgan fingerprint density at radius 1 is 1.33 bits per heavy atom. The largest absolute Gasteiger partial charge is 0.380 e. The lowest BCUT2D eigenvalue weighted by atomic mass is 10.2. The molecule has 0 bridgehead atoms. The molecule has 2 unspecified atom stereocenters. The van der Waals surface area contributed by atoms with Crippen LogP contribution in [0.4, 0.5) is 0 Å². The molecule has 2 amide bonds. The Hall–Kier alpha value is -1.20. The summed E-state index contributed by atoms with van der Waals surface area (Å²) in [6, 6.07) is 0. The summed E-state index contributed by atoms with van der Waals surface area (Å²) < 4.78 is 0. The normalized spacial score (nSPS) is 29.7. The number of amides is 2. The number of aliphatic hydroxyl groups is 2. The van der Waals surface area contributed by atoms with E-state index < -0.39 is 24.0 Å². The molecule has 5 nitrogen and oxygen atoms in total. The minimum atomic E-state index is -1.61. The van der Waals surface area contributed by atoms with Gasteiger partial charge in [0, 0.05) is 6.54 Å². The van der Waals surface area contributed by atoms with Crippen molar-refractivity contribution in [3.63, 3.8) is 0 Å². The first kappa shape index (κ1) is 8.89. The van der Waals surface area contributed by atoms with E-state index in [4.69, 9.17) is 10.2 Å². The van der Waals surface area contributed by atoms with E-state index >= 15 is 0 Å². The molecule has 0 aromatic rings. The first-order valence-corrected chi connectivity index (χ1v) is 3.42. The van der Waals surface area contributed by atoms with Gasteiger partial charge in [-0.25, -0.2) is 0 Å². The van der Waals surface area contributed by atoms with Crippen molar-refractivity contribution in [3.05, 3.63) is 12.7 Å². The maximum absolute atomic E-state index is 11.0. The van der Waals surface area contributed by atoms with Crippen LogP contribution in [-0.2, 0) is 9.59 Å². The molecule has 0 saturated carbocycles. The predicted molar refractivity (Wildman–Crippen MR) is 38.9 cm³/mol. The highest BCUT2D eigenvalue weighted by molar-refractivity contribution is 6.07. The van der Waals surface area contributed by atoms with Gasteiger partial charge in [0.1, 0.15) is 0 Å². The van der Waals surface area contributed by atoms with Crippen LogP contribution in [0.3, 0.4) is 0 Å². The number of carbonyl (C=O) groups is 2. The molecule has 1 fully saturated rings. The molecule has 0 aromatic carbocycles. The molecule has 1 aliphatic rings. The summed E-state index contributed by atoms with van der Waals surface area (Å²) in [6.07, 6.45) is -1.88. The fourth-order valence-corrected chi connectivity index (χ4v) is 1.01. The molecule has 1 rings (SSSR count). The standard InChI is InChI=1S/C7H9NO4/c1-2-3-8-6(11)4(9)5(10)7(8)12/h2,4-5,9-10H,1,3H2. The zero-order valence-electron chi connectivity index (χ0n) is 6.30. The molecule has 12 heavy (non-hydrogen) atoms. The number of likely N-dealkylation sites (tertiary alicyclic amines) is 1. The maximum atomic E-state index is 11.0. The van der Waals surface area contributed by atoms with Crippen LogP contribution in [0.15, 0.2) is 12.7 Å². The van der Waals surface area contributed by atoms with Gasteiger partial charge >= 0.3 is 0 Å². The first-order chi connectivity index (χ1) is 5.59. The molecule has 1 aliphatic heterocycles. The SMILES string of the molecule is C=CCN1C(=O)C(O)C(O)C1=O. The van der Waals surface area contributed by atoms with Crippen molar-refractivity contribution in [3.8, 4) is 0 Å². The van der Waals surface area contributed by atoms with Crippen molar-refractivity contribution >= 4 is 11.8 Å². The lowest BCUT2D eigenvalue weighted by Gasteiger charge is -2.09. The van der Waals surface area contributed by atoms with Crippen molar-refractivity contribution in [1.29, 1.82) is 0 Å². The van der Waals surface area contributed by atoms with Gasteiger partial charge in [0.05, 0.1) is 0 Å². The lowest BCUT2D eigenvalue weighted by molar-refractivity contribution is -0.140. The van der Waals surface area contributed by atoms with Crippen molar-refractivity contribution in [2.24, 2.45) is 0 Å². The topological polar surface area (TPSA) is 77.8 Å². The Kier molecular flexibility index (Phi) is 2.25. The van der Waals surface area contributed by atoms with Crippen LogP contribution in [-0.4, -0.2) is 45.7 Å². The van der Waals surface area contributed by atoms with Crippen molar-refractivity contribution in [1.82, 2.24) is 4.90 Å². The van der Waals surface area contributed by atoms with E-state index in [-0.39, 0.29) is 6.54 Å². The van der Waals surface area contributed by atoms with Crippen LogP contribution < -0.4 is 0 Å². The van der Waals surface area contributed by atoms with Gasteiger partial charge in [-0.15, -0.1) is 6.58 Å². The third-order valence-electron chi connectivity index (χ3n) is 1.65. The number of nitrogens with zero attached hydrogens (tertiary/aromatic N) is 1. The van der Waals surface area contributed by atoms with E-state index in [0.717, 1.165) is 4.90 Å². The maximum Gasteiger partial charge on any atom is 0.261 e. The Morgan fingerprint density at radius 3 is 2.08 bits per heavy atom. The Bertz CT molecular complexity index is 218. The Labute approximate surface area is 68.9 Å². The molecule has 1 saturated heterocycles. The van der Waals surface area contributed by atoms with Crippen molar-refractivity contribution in [2.45, 2.75) is 12.2 Å². The van der Waals surface area contributed by atoms with E-state index in [1.54, 1.807) is 0 Å². The molecular formula is C7H9NO4. The second-order valence-electron chi connectivity index (χ2n) is 2.47. The van der Waals surface area contributed by atoms with E-state index in [0.29, 0.717) is 0 Å². The van der Waals surface area contributed by atoms with Gasteiger partial charge in [-0.2, -0.15) is 0 Å². The van der Waals surface area contributed by atoms with Crippen LogP contribution in [0.1, 0.15) is 0 Å². The van der Waals surface area contributed by atoms with Gasteiger partial charge in [0.15, 0.2) is 12.2 Å². The zero-order chi connectivity index (χ0) is 9.30.